The number of benzene rings is 1. The summed E-state index contributed by atoms with van der Waals surface area (Å²) in [6.07, 6.45) is 0.956. The quantitative estimate of drug-likeness (QED) is 0.686. The first-order chi connectivity index (χ1) is 14.3. The van der Waals surface area contributed by atoms with Crippen LogP contribution < -0.4 is 15.8 Å². The van der Waals surface area contributed by atoms with Gasteiger partial charge in [0.15, 0.2) is 0 Å². The van der Waals surface area contributed by atoms with Gasteiger partial charge in [0.05, 0.1) is 17.9 Å². The van der Waals surface area contributed by atoms with E-state index >= 15 is 0 Å². The SMILES string of the molecule is CCOC(=O)c1c(NC(=O)c2ccc(N3NC(=O)CCC3=O)cc2)sc(C)c1CC. The Kier molecular flexibility index (Phi) is 6.51. The lowest BCUT2D eigenvalue weighted by Gasteiger charge is -2.27. The van der Waals surface area contributed by atoms with Gasteiger partial charge >= 0.3 is 5.97 Å². The number of rotatable bonds is 6. The molecule has 0 saturated carbocycles. The fraction of sp³-hybridized carbons (Fsp3) is 0.333. The zero-order chi connectivity index (χ0) is 21.8. The van der Waals surface area contributed by atoms with E-state index < -0.39 is 5.97 Å². The van der Waals surface area contributed by atoms with E-state index in [1.54, 1.807) is 31.2 Å². The largest absolute Gasteiger partial charge is 0.462 e. The van der Waals surface area contributed by atoms with Crippen LogP contribution >= 0.6 is 11.3 Å². The average molecular weight is 429 g/mol. The normalized spacial score (nSPS) is 13.8. The molecule has 2 N–H and O–H groups in total. The molecule has 3 rings (SSSR count). The Hall–Kier alpha value is -3.20. The Balaban J connectivity index is 1.80. The highest BCUT2D eigenvalue weighted by Crippen LogP contribution is 2.34. The van der Waals surface area contributed by atoms with Gasteiger partial charge in [-0.25, -0.2) is 9.80 Å². The third kappa shape index (κ3) is 4.35. The molecule has 1 aliphatic rings. The van der Waals surface area contributed by atoms with Crippen LogP contribution in [0.3, 0.4) is 0 Å². The third-order valence-electron chi connectivity index (χ3n) is 4.71. The molecule has 8 nitrogen and oxygen atoms in total. The second-order valence-electron chi connectivity index (χ2n) is 6.68. The van der Waals surface area contributed by atoms with Crippen LogP contribution in [-0.2, 0) is 20.7 Å². The minimum absolute atomic E-state index is 0.141. The highest BCUT2D eigenvalue weighted by molar-refractivity contribution is 7.16. The van der Waals surface area contributed by atoms with E-state index in [1.807, 2.05) is 13.8 Å². The van der Waals surface area contributed by atoms with Crippen LogP contribution in [-0.4, -0.2) is 30.3 Å². The molecule has 0 atom stereocenters. The van der Waals surface area contributed by atoms with Crippen LogP contribution in [0.2, 0.25) is 0 Å². The molecular formula is C21H23N3O5S. The van der Waals surface area contributed by atoms with Crippen molar-refractivity contribution in [2.45, 2.75) is 40.0 Å². The summed E-state index contributed by atoms with van der Waals surface area (Å²) in [5, 5.41) is 4.44. The fourth-order valence-corrected chi connectivity index (χ4v) is 4.36. The Labute approximate surface area is 178 Å². The van der Waals surface area contributed by atoms with Gasteiger partial charge < -0.3 is 10.1 Å². The van der Waals surface area contributed by atoms with Crippen molar-refractivity contribution in [3.05, 3.63) is 45.8 Å². The number of nitrogens with one attached hydrogen (secondary N) is 2. The van der Waals surface area contributed by atoms with Crippen molar-refractivity contribution in [3.63, 3.8) is 0 Å². The van der Waals surface area contributed by atoms with E-state index in [-0.39, 0.29) is 37.2 Å². The van der Waals surface area contributed by atoms with Crippen LogP contribution in [0, 0.1) is 6.92 Å². The van der Waals surface area contributed by atoms with Crippen LogP contribution in [0.25, 0.3) is 0 Å². The second-order valence-corrected chi connectivity index (χ2v) is 7.90. The summed E-state index contributed by atoms with van der Waals surface area (Å²) < 4.78 is 5.16. The molecule has 3 amide bonds. The van der Waals surface area contributed by atoms with E-state index in [0.29, 0.717) is 28.2 Å². The number of hydrogen-bond acceptors (Lipinski definition) is 6. The number of amides is 3. The van der Waals surface area contributed by atoms with Crippen LogP contribution in [0.5, 0.6) is 0 Å². The molecule has 0 radical (unpaired) electrons. The Morgan fingerprint density at radius 2 is 1.87 bits per heavy atom. The summed E-state index contributed by atoms with van der Waals surface area (Å²) in [4.78, 5) is 49.7. The molecular weight excluding hydrogens is 406 g/mol. The number of nitrogens with zero attached hydrogens (tertiary/aromatic N) is 1. The molecule has 1 saturated heterocycles. The van der Waals surface area contributed by atoms with Gasteiger partial charge in [-0.3, -0.25) is 19.8 Å². The van der Waals surface area contributed by atoms with E-state index in [1.165, 1.54) is 16.3 Å². The molecule has 2 aromatic rings. The van der Waals surface area contributed by atoms with E-state index in [2.05, 4.69) is 10.7 Å². The molecule has 0 spiro atoms. The topological polar surface area (TPSA) is 105 Å². The van der Waals surface area contributed by atoms with E-state index in [4.69, 9.17) is 4.74 Å². The van der Waals surface area contributed by atoms with Gasteiger partial charge in [-0.15, -0.1) is 11.3 Å². The van der Waals surface area contributed by atoms with Gasteiger partial charge in [-0.2, -0.15) is 0 Å². The lowest BCUT2D eigenvalue weighted by atomic mass is 10.1. The van der Waals surface area contributed by atoms with Gasteiger partial charge in [0.2, 0.25) is 11.8 Å². The van der Waals surface area contributed by atoms with Gasteiger partial charge in [-0.05, 0) is 50.1 Å². The van der Waals surface area contributed by atoms with Crippen LogP contribution in [0.15, 0.2) is 24.3 Å². The molecule has 1 fully saturated rings. The maximum Gasteiger partial charge on any atom is 0.341 e. The molecule has 1 aromatic heterocycles. The first kappa shape index (κ1) is 21.5. The van der Waals surface area contributed by atoms with Gasteiger partial charge in [0, 0.05) is 23.3 Å². The number of esters is 1. The minimum atomic E-state index is -0.455. The molecule has 2 heterocycles. The van der Waals surface area contributed by atoms with Crippen molar-refractivity contribution >= 4 is 45.7 Å². The third-order valence-corrected chi connectivity index (χ3v) is 5.77. The fourth-order valence-electron chi connectivity index (χ4n) is 3.23. The van der Waals surface area contributed by atoms with Crippen molar-refractivity contribution < 1.29 is 23.9 Å². The monoisotopic (exact) mass is 429 g/mol. The summed E-state index contributed by atoms with van der Waals surface area (Å²) in [7, 11) is 0. The standard InChI is InChI=1S/C21H23N3O5S/c1-4-15-12(3)30-20(18(15)21(28)29-5-2)22-19(27)13-6-8-14(9-7-13)24-17(26)11-10-16(25)23-24/h6-9H,4-5,10-11H2,1-3H3,(H,22,27)(H,23,25). The summed E-state index contributed by atoms with van der Waals surface area (Å²) in [5.41, 5.74) is 4.60. The molecule has 9 heteroatoms. The lowest BCUT2D eigenvalue weighted by molar-refractivity contribution is -0.130. The van der Waals surface area contributed by atoms with E-state index in [0.717, 1.165) is 10.4 Å². The van der Waals surface area contributed by atoms with Crippen molar-refractivity contribution in [2.24, 2.45) is 0 Å². The van der Waals surface area contributed by atoms with Gasteiger partial charge in [0.25, 0.3) is 5.91 Å². The second kappa shape index (κ2) is 9.08. The molecule has 1 aliphatic heterocycles. The summed E-state index contributed by atoms with van der Waals surface area (Å²) in [5.74, 6) is -1.29. The van der Waals surface area contributed by atoms with E-state index in [9.17, 15) is 19.2 Å². The molecule has 1 aromatic carbocycles. The Morgan fingerprint density at radius 1 is 1.17 bits per heavy atom. The number of anilines is 2. The van der Waals surface area contributed by atoms with Crippen LogP contribution in [0.4, 0.5) is 10.7 Å². The van der Waals surface area contributed by atoms with Crippen molar-refractivity contribution in [2.75, 3.05) is 16.9 Å². The maximum absolute atomic E-state index is 12.8. The molecule has 0 bridgehead atoms. The van der Waals surface area contributed by atoms with Crippen LogP contribution in [0.1, 0.15) is 57.8 Å². The number of thiophene rings is 1. The van der Waals surface area contributed by atoms with Gasteiger partial charge in [0.1, 0.15) is 5.00 Å². The zero-order valence-electron chi connectivity index (χ0n) is 17.0. The predicted octanol–water partition coefficient (Wildman–Crippen LogP) is 3.21. The highest BCUT2D eigenvalue weighted by atomic mass is 32.1. The Bertz CT molecular complexity index is 997. The first-order valence-electron chi connectivity index (χ1n) is 9.68. The average Bonchev–Trinajstić information content (AvgIpc) is 3.04. The molecule has 30 heavy (non-hydrogen) atoms. The Morgan fingerprint density at radius 3 is 2.50 bits per heavy atom. The number of hydrazine groups is 1. The predicted molar refractivity (Wildman–Crippen MR) is 114 cm³/mol. The van der Waals surface area contributed by atoms with Gasteiger partial charge in [-0.1, -0.05) is 6.92 Å². The molecule has 158 valence electrons. The zero-order valence-corrected chi connectivity index (χ0v) is 17.9. The summed E-state index contributed by atoms with van der Waals surface area (Å²) >= 11 is 1.34. The van der Waals surface area contributed by atoms with Crippen molar-refractivity contribution in [3.8, 4) is 0 Å². The number of hydrogen-bond donors (Lipinski definition) is 2. The first-order valence-corrected chi connectivity index (χ1v) is 10.5. The highest BCUT2D eigenvalue weighted by Gasteiger charge is 2.26. The smallest absolute Gasteiger partial charge is 0.341 e. The minimum Gasteiger partial charge on any atom is -0.462 e. The lowest BCUT2D eigenvalue weighted by Crippen LogP contribution is -2.50. The summed E-state index contributed by atoms with van der Waals surface area (Å²) in [6.45, 7) is 5.83. The number of aryl methyl sites for hydroxylation is 1. The number of carbonyl (C=O) groups is 4. The van der Waals surface area contributed by atoms with Crippen molar-refractivity contribution in [1.29, 1.82) is 0 Å². The van der Waals surface area contributed by atoms with Crippen molar-refractivity contribution in [1.82, 2.24) is 5.43 Å². The molecule has 0 aliphatic carbocycles. The molecule has 0 unspecified atom stereocenters. The number of ether oxygens (including phenoxy) is 1. The number of carbonyl (C=O) groups excluding carboxylic acids is 4. The maximum atomic E-state index is 12.8. The summed E-state index contributed by atoms with van der Waals surface area (Å²) in [6, 6.07) is 6.29.